The Morgan fingerprint density at radius 1 is 1.45 bits per heavy atom. The summed E-state index contributed by atoms with van der Waals surface area (Å²) >= 11 is 3.47. The van der Waals surface area contributed by atoms with Crippen molar-refractivity contribution in [2.24, 2.45) is 5.92 Å². The van der Waals surface area contributed by atoms with Crippen molar-refractivity contribution >= 4 is 15.9 Å². The Bertz CT molecular complexity index is 580. The Morgan fingerprint density at radius 3 is 3.00 bits per heavy atom. The fraction of sp³-hybridized carbons (Fsp3) is 0.467. The van der Waals surface area contributed by atoms with Crippen LogP contribution in [-0.4, -0.2) is 23.2 Å². The fourth-order valence-corrected chi connectivity index (χ4v) is 2.91. The molecule has 0 radical (unpaired) electrons. The van der Waals surface area contributed by atoms with Crippen LogP contribution in [0.5, 0.6) is 0 Å². The molecule has 5 heteroatoms. The first kappa shape index (κ1) is 13.8. The van der Waals surface area contributed by atoms with Gasteiger partial charge in [0.1, 0.15) is 0 Å². The van der Waals surface area contributed by atoms with Gasteiger partial charge in [-0.2, -0.15) is 4.98 Å². The molecule has 1 aliphatic carbocycles. The fourth-order valence-electron chi connectivity index (χ4n) is 2.47. The molecule has 1 aromatic heterocycles. The molecular formula is C15H18BrN3O. The first-order chi connectivity index (χ1) is 9.74. The van der Waals surface area contributed by atoms with Gasteiger partial charge in [-0.25, -0.2) is 0 Å². The third-order valence-corrected chi connectivity index (χ3v) is 4.21. The molecule has 2 aromatic rings. The van der Waals surface area contributed by atoms with E-state index in [2.05, 4.69) is 43.5 Å². The molecule has 1 unspecified atom stereocenters. The van der Waals surface area contributed by atoms with Crippen molar-refractivity contribution in [3.05, 3.63) is 46.0 Å². The lowest BCUT2D eigenvalue weighted by molar-refractivity contribution is 0.349. The lowest BCUT2D eigenvalue weighted by Crippen LogP contribution is -2.29. The van der Waals surface area contributed by atoms with Gasteiger partial charge in [0, 0.05) is 23.4 Å². The van der Waals surface area contributed by atoms with Gasteiger partial charge in [-0.3, -0.25) is 0 Å². The van der Waals surface area contributed by atoms with Crippen LogP contribution >= 0.6 is 15.9 Å². The number of likely N-dealkylation sites (N-methyl/N-ethyl adjacent to an activating group) is 1. The van der Waals surface area contributed by atoms with Crippen molar-refractivity contribution in [1.82, 2.24) is 15.5 Å². The second kappa shape index (κ2) is 6.06. The average molecular weight is 336 g/mol. The topological polar surface area (TPSA) is 51.0 Å². The van der Waals surface area contributed by atoms with Gasteiger partial charge in [0.25, 0.3) is 0 Å². The van der Waals surface area contributed by atoms with Crippen LogP contribution in [0.2, 0.25) is 0 Å². The number of rotatable bonds is 6. The molecule has 1 aromatic carbocycles. The molecule has 3 rings (SSSR count). The molecule has 1 aliphatic rings. The molecular weight excluding hydrogens is 318 g/mol. The van der Waals surface area contributed by atoms with Crippen molar-refractivity contribution in [3.63, 3.8) is 0 Å². The summed E-state index contributed by atoms with van der Waals surface area (Å²) in [5.74, 6) is 2.27. The summed E-state index contributed by atoms with van der Waals surface area (Å²) in [5.41, 5.74) is 1.18. The molecule has 0 spiro atoms. The molecule has 20 heavy (non-hydrogen) atoms. The van der Waals surface area contributed by atoms with E-state index in [0.29, 0.717) is 12.5 Å². The van der Waals surface area contributed by atoms with Crippen LogP contribution in [0.25, 0.3) is 0 Å². The third kappa shape index (κ3) is 3.46. The molecule has 0 aliphatic heterocycles. The van der Waals surface area contributed by atoms with Gasteiger partial charge in [0.2, 0.25) is 5.89 Å². The predicted octanol–water partition coefficient (Wildman–Crippen LogP) is 2.96. The number of nitrogens with zero attached hydrogens (tertiary/aromatic N) is 2. The number of hydrogen-bond donors (Lipinski definition) is 1. The highest BCUT2D eigenvalue weighted by Gasteiger charge is 2.31. The van der Waals surface area contributed by atoms with Gasteiger partial charge >= 0.3 is 0 Å². The van der Waals surface area contributed by atoms with Crippen LogP contribution in [0.4, 0.5) is 0 Å². The van der Waals surface area contributed by atoms with Crippen molar-refractivity contribution in [2.75, 3.05) is 7.05 Å². The molecule has 1 heterocycles. The summed E-state index contributed by atoms with van der Waals surface area (Å²) in [5, 5.41) is 7.42. The smallest absolute Gasteiger partial charge is 0.228 e. The van der Waals surface area contributed by atoms with Gasteiger partial charge in [-0.15, -0.1) is 0 Å². The highest BCUT2D eigenvalue weighted by atomic mass is 79.9. The van der Waals surface area contributed by atoms with E-state index in [4.69, 9.17) is 4.52 Å². The van der Waals surface area contributed by atoms with E-state index in [-0.39, 0.29) is 0 Å². The largest absolute Gasteiger partial charge is 0.339 e. The molecule has 0 amide bonds. The lowest BCUT2D eigenvalue weighted by atomic mass is 10.1. The minimum absolute atomic E-state index is 0.467. The van der Waals surface area contributed by atoms with Crippen LogP contribution in [-0.2, 0) is 12.8 Å². The molecule has 1 atom stereocenters. The van der Waals surface area contributed by atoms with Crippen LogP contribution in [0, 0.1) is 5.92 Å². The zero-order valence-corrected chi connectivity index (χ0v) is 13.1. The number of halogens is 1. The van der Waals surface area contributed by atoms with E-state index in [0.717, 1.165) is 28.5 Å². The van der Waals surface area contributed by atoms with Gasteiger partial charge in [-0.1, -0.05) is 33.2 Å². The minimum Gasteiger partial charge on any atom is -0.339 e. The van der Waals surface area contributed by atoms with Gasteiger partial charge in [0.15, 0.2) is 5.82 Å². The quantitative estimate of drug-likeness (QED) is 0.881. The summed E-state index contributed by atoms with van der Waals surface area (Å²) in [7, 11) is 2.00. The van der Waals surface area contributed by atoms with E-state index in [1.165, 1.54) is 18.4 Å². The normalized spacial score (nSPS) is 16.3. The Kier molecular flexibility index (Phi) is 4.17. The number of hydrogen-bond acceptors (Lipinski definition) is 4. The second-order valence-corrected chi connectivity index (χ2v) is 6.26. The van der Waals surface area contributed by atoms with Crippen molar-refractivity contribution < 1.29 is 4.52 Å². The van der Waals surface area contributed by atoms with E-state index in [1.807, 2.05) is 19.2 Å². The second-order valence-electron chi connectivity index (χ2n) is 5.35. The molecule has 106 valence electrons. The Labute approximate surface area is 127 Å². The molecule has 1 saturated carbocycles. The van der Waals surface area contributed by atoms with Gasteiger partial charge < -0.3 is 9.84 Å². The van der Waals surface area contributed by atoms with Crippen molar-refractivity contribution in [3.8, 4) is 0 Å². The first-order valence-electron chi connectivity index (χ1n) is 6.98. The SMILES string of the molecule is CNC(Cc1nc(Cc2cccc(Br)c2)no1)C1CC1. The van der Waals surface area contributed by atoms with E-state index in [1.54, 1.807) is 0 Å². The average Bonchev–Trinajstić information content (AvgIpc) is 3.18. The zero-order valence-electron chi connectivity index (χ0n) is 11.5. The molecule has 1 N–H and O–H groups in total. The van der Waals surface area contributed by atoms with E-state index >= 15 is 0 Å². The highest BCUT2D eigenvalue weighted by Crippen LogP contribution is 2.33. The van der Waals surface area contributed by atoms with E-state index < -0.39 is 0 Å². The number of aromatic nitrogens is 2. The third-order valence-electron chi connectivity index (χ3n) is 3.72. The monoisotopic (exact) mass is 335 g/mol. The van der Waals surface area contributed by atoms with Crippen LogP contribution < -0.4 is 5.32 Å². The standard InChI is InChI=1S/C15H18BrN3O/c1-17-13(11-5-6-11)9-15-18-14(19-20-15)8-10-3-2-4-12(16)7-10/h2-4,7,11,13,17H,5-6,8-9H2,1H3. The first-order valence-corrected chi connectivity index (χ1v) is 7.77. The molecule has 4 nitrogen and oxygen atoms in total. The summed E-state index contributed by atoms with van der Waals surface area (Å²) in [6.45, 7) is 0. The molecule has 0 bridgehead atoms. The van der Waals surface area contributed by atoms with Crippen LogP contribution in [0.1, 0.15) is 30.1 Å². The van der Waals surface area contributed by atoms with Gasteiger partial charge in [-0.05, 0) is 43.5 Å². The maximum Gasteiger partial charge on any atom is 0.228 e. The van der Waals surface area contributed by atoms with Crippen LogP contribution in [0.15, 0.2) is 33.3 Å². The summed E-state index contributed by atoms with van der Waals surface area (Å²) < 4.78 is 6.44. The molecule has 1 fully saturated rings. The Morgan fingerprint density at radius 2 is 2.30 bits per heavy atom. The highest BCUT2D eigenvalue weighted by molar-refractivity contribution is 9.10. The van der Waals surface area contributed by atoms with Crippen molar-refractivity contribution in [1.29, 1.82) is 0 Å². The lowest BCUT2D eigenvalue weighted by Gasteiger charge is -2.11. The van der Waals surface area contributed by atoms with Crippen molar-refractivity contribution in [2.45, 2.75) is 31.7 Å². The zero-order chi connectivity index (χ0) is 13.9. The number of benzene rings is 1. The number of nitrogens with one attached hydrogen (secondary N) is 1. The molecule has 0 saturated heterocycles. The summed E-state index contributed by atoms with van der Waals surface area (Å²) in [6, 6.07) is 8.65. The minimum atomic E-state index is 0.467. The van der Waals surface area contributed by atoms with E-state index in [9.17, 15) is 0 Å². The maximum absolute atomic E-state index is 5.36. The van der Waals surface area contributed by atoms with Crippen LogP contribution in [0.3, 0.4) is 0 Å². The summed E-state index contributed by atoms with van der Waals surface area (Å²) in [4.78, 5) is 4.50. The Balaban J connectivity index is 1.64. The maximum atomic E-state index is 5.36. The predicted molar refractivity (Wildman–Crippen MR) is 80.5 cm³/mol. The Hall–Kier alpha value is -1.20. The summed E-state index contributed by atoms with van der Waals surface area (Å²) in [6.07, 6.45) is 4.15. The van der Waals surface area contributed by atoms with Gasteiger partial charge in [0.05, 0.1) is 0 Å².